The molecule has 30 heavy (non-hydrogen) atoms. The van der Waals surface area contributed by atoms with Gasteiger partial charge in [-0.1, -0.05) is 54.3 Å². The van der Waals surface area contributed by atoms with Crippen LogP contribution in [0.3, 0.4) is 0 Å². The summed E-state index contributed by atoms with van der Waals surface area (Å²) in [6.45, 7) is 2.52. The van der Waals surface area contributed by atoms with Crippen LogP contribution in [0.25, 0.3) is 6.08 Å². The van der Waals surface area contributed by atoms with Crippen LogP contribution in [0.1, 0.15) is 23.1 Å². The first kappa shape index (κ1) is 21.9. The maximum absolute atomic E-state index is 12.5. The van der Waals surface area contributed by atoms with Gasteiger partial charge in [0, 0.05) is 6.54 Å². The van der Waals surface area contributed by atoms with E-state index in [9.17, 15) is 9.59 Å². The number of benzene rings is 2. The zero-order chi connectivity index (χ0) is 21.7. The average Bonchev–Trinajstić information content (AvgIpc) is 2.98. The van der Waals surface area contributed by atoms with Crippen molar-refractivity contribution in [3.63, 3.8) is 0 Å². The Balaban J connectivity index is 1.74. The van der Waals surface area contributed by atoms with Crippen LogP contribution in [0, 0.1) is 6.92 Å². The molecule has 2 aromatic rings. The molecular weight excluding hydrogens is 422 g/mol. The highest BCUT2D eigenvalue weighted by atomic mass is 32.2. The van der Waals surface area contributed by atoms with Crippen molar-refractivity contribution in [3.05, 3.63) is 64.1 Å². The number of carboxylic acid groups (broad SMARTS) is 1. The van der Waals surface area contributed by atoms with Gasteiger partial charge in [0.2, 0.25) is 0 Å². The molecule has 2 aromatic carbocycles. The summed E-state index contributed by atoms with van der Waals surface area (Å²) in [5, 5.41) is 8.83. The third kappa shape index (κ3) is 5.20. The molecule has 0 atom stereocenters. The molecule has 1 saturated heterocycles. The van der Waals surface area contributed by atoms with Crippen LogP contribution < -0.4 is 9.47 Å². The lowest BCUT2D eigenvalue weighted by Crippen LogP contribution is -2.30. The number of amides is 1. The molecule has 1 aliphatic heterocycles. The Hall–Kier alpha value is -2.84. The van der Waals surface area contributed by atoms with Crippen molar-refractivity contribution < 1.29 is 24.2 Å². The van der Waals surface area contributed by atoms with Crippen molar-refractivity contribution in [3.8, 4) is 11.5 Å². The molecule has 8 heteroatoms. The number of methoxy groups -OCH3 is 1. The number of carboxylic acids is 1. The van der Waals surface area contributed by atoms with Crippen LogP contribution in [-0.4, -0.2) is 39.9 Å². The second-order valence-electron chi connectivity index (χ2n) is 6.60. The SMILES string of the molecule is COc1cc(/C=C2\SC(=S)N(CCC(=O)O)C2=O)ccc1OCc1ccccc1C. The Morgan fingerprint density at radius 1 is 1.23 bits per heavy atom. The summed E-state index contributed by atoms with van der Waals surface area (Å²) in [6.07, 6.45) is 1.56. The minimum absolute atomic E-state index is 0.0618. The summed E-state index contributed by atoms with van der Waals surface area (Å²) in [7, 11) is 1.56. The summed E-state index contributed by atoms with van der Waals surface area (Å²) in [5.41, 5.74) is 3.00. The van der Waals surface area contributed by atoms with Crippen molar-refractivity contribution in [1.29, 1.82) is 0 Å². The predicted octanol–water partition coefficient (Wildman–Crippen LogP) is 4.26. The second kappa shape index (κ2) is 9.77. The zero-order valence-electron chi connectivity index (χ0n) is 16.6. The highest BCUT2D eigenvalue weighted by Crippen LogP contribution is 2.35. The third-order valence-corrected chi connectivity index (χ3v) is 5.93. The second-order valence-corrected chi connectivity index (χ2v) is 8.28. The minimum atomic E-state index is -0.973. The predicted molar refractivity (Wildman–Crippen MR) is 121 cm³/mol. The summed E-state index contributed by atoms with van der Waals surface area (Å²) < 4.78 is 11.7. The van der Waals surface area contributed by atoms with Gasteiger partial charge in [0.05, 0.1) is 18.4 Å². The molecule has 0 radical (unpaired) electrons. The number of nitrogens with zero attached hydrogens (tertiary/aromatic N) is 1. The monoisotopic (exact) mass is 443 g/mol. The summed E-state index contributed by atoms with van der Waals surface area (Å²) in [5.74, 6) is -0.102. The highest BCUT2D eigenvalue weighted by Gasteiger charge is 2.32. The number of aliphatic carboxylic acids is 1. The Bertz CT molecular complexity index is 1020. The highest BCUT2D eigenvalue weighted by molar-refractivity contribution is 8.26. The van der Waals surface area contributed by atoms with Crippen molar-refractivity contribution in [2.75, 3.05) is 13.7 Å². The van der Waals surface area contributed by atoms with E-state index in [1.165, 1.54) is 4.90 Å². The number of thioether (sulfide) groups is 1. The number of ether oxygens (including phenoxy) is 2. The molecule has 0 unspecified atom stereocenters. The molecule has 0 aliphatic carbocycles. The number of hydrogen-bond acceptors (Lipinski definition) is 6. The van der Waals surface area contributed by atoms with Gasteiger partial charge in [0.1, 0.15) is 10.9 Å². The molecule has 1 aliphatic rings. The number of carbonyl (C=O) groups is 2. The Morgan fingerprint density at radius 3 is 2.70 bits per heavy atom. The molecule has 3 rings (SSSR count). The fourth-order valence-corrected chi connectivity index (χ4v) is 4.18. The lowest BCUT2D eigenvalue weighted by atomic mass is 10.1. The molecule has 0 bridgehead atoms. The Labute approximate surface area is 184 Å². The van der Waals surface area contributed by atoms with E-state index < -0.39 is 5.97 Å². The van der Waals surface area contributed by atoms with Crippen LogP contribution >= 0.6 is 24.0 Å². The van der Waals surface area contributed by atoms with E-state index >= 15 is 0 Å². The number of carbonyl (C=O) groups excluding carboxylic acids is 1. The van der Waals surface area contributed by atoms with Gasteiger partial charge in [-0.05, 0) is 41.8 Å². The van der Waals surface area contributed by atoms with Gasteiger partial charge in [0.15, 0.2) is 11.5 Å². The minimum Gasteiger partial charge on any atom is -0.493 e. The van der Waals surface area contributed by atoms with Crippen LogP contribution in [0.2, 0.25) is 0 Å². The van der Waals surface area contributed by atoms with Gasteiger partial charge in [-0.2, -0.15) is 0 Å². The molecule has 1 N–H and O–H groups in total. The first-order valence-electron chi connectivity index (χ1n) is 9.21. The van der Waals surface area contributed by atoms with E-state index in [1.54, 1.807) is 25.3 Å². The lowest BCUT2D eigenvalue weighted by Gasteiger charge is -2.13. The molecule has 0 saturated carbocycles. The number of aryl methyl sites for hydroxylation is 1. The summed E-state index contributed by atoms with van der Waals surface area (Å²) in [6, 6.07) is 13.4. The molecule has 156 valence electrons. The quantitative estimate of drug-likeness (QED) is 0.483. The number of thiocarbonyl (C=S) groups is 1. The van der Waals surface area contributed by atoms with Gasteiger partial charge in [0.25, 0.3) is 5.91 Å². The molecule has 0 aromatic heterocycles. The maximum Gasteiger partial charge on any atom is 0.305 e. The standard InChI is InChI=1S/C22H21NO5S2/c1-14-5-3-4-6-16(14)13-28-17-8-7-15(11-18(17)27-2)12-19-21(26)23(22(29)30-19)10-9-20(24)25/h3-8,11-12H,9-10,13H2,1-2H3,(H,24,25)/b19-12-. The van der Waals surface area contributed by atoms with Crippen molar-refractivity contribution >= 4 is 46.3 Å². The van der Waals surface area contributed by atoms with Gasteiger partial charge < -0.3 is 14.6 Å². The first-order valence-corrected chi connectivity index (χ1v) is 10.4. The Kier molecular flexibility index (Phi) is 7.12. The van der Waals surface area contributed by atoms with Gasteiger partial charge in [-0.3, -0.25) is 14.5 Å². The third-order valence-electron chi connectivity index (χ3n) is 4.55. The van der Waals surface area contributed by atoms with Crippen LogP contribution in [0.4, 0.5) is 0 Å². The molecule has 0 spiro atoms. The van der Waals surface area contributed by atoms with Crippen LogP contribution in [0.5, 0.6) is 11.5 Å². The normalized spacial score (nSPS) is 15.0. The van der Waals surface area contributed by atoms with E-state index in [4.69, 9.17) is 26.8 Å². The van der Waals surface area contributed by atoms with Gasteiger partial charge >= 0.3 is 5.97 Å². The zero-order valence-corrected chi connectivity index (χ0v) is 18.2. The molecule has 1 heterocycles. The molecule has 1 amide bonds. The Morgan fingerprint density at radius 2 is 2.00 bits per heavy atom. The molecular formula is C22H21NO5S2. The van der Waals surface area contributed by atoms with Crippen LogP contribution in [-0.2, 0) is 16.2 Å². The van der Waals surface area contributed by atoms with E-state index in [-0.39, 0.29) is 18.9 Å². The smallest absolute Gasteiger partial charge is 0.305 e. The average molecular weight is 444 g/mol. The van der Waals surface area contributed by atoms with E-state index in [2.05, 4.69) is 0 Å². The summed E-state index contributed by atoms with van der Waals surface area (Å²) in [4.78, 5) is 25.1. The fourth-order valence-electron chi connectivity index (χ4n) is 2.87. The fraction of sp³-hybridized carbons (Fsp3) is 0.227. The van der Waals surface area contributed by atoms with Gasteiger partial charge in [-0.15, -0.1) is 0 Å². The topological polar surface area (TPSA) is 76.1 Å². The van der Waals surface area contributed by atoms with Gasteiger partial charge in [-0.25, -0.2) is 0 Å². The maximum atomic E-state index is 12.5. The van der Waals surface area contributed by atoms with E-state index in [0.717, 1.165) is 28.5 Å². The molecule has 1 fully saturated rings. The first-order chi connectivity index (χ1) is 14.4. The lowest BCUT2D eigenvalue weighted by molar-refractivity contribution is -0.137. The molecule has 6 nitrogen and oxygen atoms in total. The summed E-state index contributed by atoms with van der Waals surface area (Å²) >= 11 is 6.37. The van der Waals surface area contributed by atoms with E-state index in [1.807, 2.05) is 37.3 Å². The van der Waals surface area contributed by atoms with Crippen molar-refractivity contribution in [2.24, 2.45) is 0 Å². The van der Waals surface area contributed by atoms with Crippen molar-refractivity contribution in [2.45, 2.75) is 20.0 Å². The van der Waals surface area contributed by atoms with E-state index in [0.29, 0.717) is 27.3 Å². The van der Waals surface area contributed by atoms with Crippen molar-refractivity contribution in [1.82, 2.24) is 4.90 Å². The van der Waals surface area contributed by atoms with Crippen LogP contribution in [0.15, 0.2) is 47.4 Å². The largest absolute Gasteiger partial charge is 0.493 e. The number of rotatable bonds is 8. The number of hydrogen-bond donors (Lipinski definition) is 1.